The summed E-state index contributed by atoms with van der Waals surface area (Å²) < 4.78 is 6.20. The Labute approximate surface area is 107 Å². The number of hydrogen-bond donors (Lipinski definition) is 0. The van der Waals surface area contributed by atoms with E-state index in [2.05, 4.69) is 5.10 Å². The van der Waals surface area contributed by atoms with Crippen molar-refractivity contribution in [3.63, 3.8) is 0 Å². The van der Waals surface area contributed by atoms with Gasteiger partial charge in [0, 0.05) is 6.07 Å². The molecule has 0 fully saturated rings. The fourth-order valence-electron chi connectivity index (χ4n) is 1.38. The van der Waals surface area contributed by atoms with Gasteiger partial charge in [-0.05, 0) is 18.2 Å². The van der Waals surface area contributed by atoms with Gasteiger partial charge in [0.15, 0.2) is 0 Å². The first kappa shape index (κ1) is 12.0. The van der Waals surface area contributed by atoms with Gasteiger partial charge in [-0.3, -0.25) is 4.79 Å². The third kappa shape index (κ3) is 2.28. The lowest BCUT2D eigenvalue weighted by atomic mass is 10.3. The van der Waals surface area contributed by atoms with Gasteiger partial charge in [0.25, 0.3) is 5.56 Å². The quantitative estimate of drug-likeness (QED) is 0.843. The average Bonchev–Trinajstić information content (AvgIpc) is 2.33. The van der Waals surface area contributed by atoms with Crippen molar-refractivity contribution in [3.8, 4) is 11.4 Å². The molecule has 0 aliphatic heterocycles. The lowest BCUT2D eigenvalue weighted by Gasteiger charge is -2.09. The molecule has 0 saturated heterocycles. The molecular weight excluding hydrogens is 263 g/mol. The molecular formula is C11H8Cl2N2O2. The highest BCUT2D eigenvalue weighted by molar-refractivity contribution is 6.33. The zero-order chi connectivity index (χ0) is 12.4. The van der Waals surface area contributed by atoms with Crippen molar-refractivity contribution in [3.05, 3.63) is 50.9 Å². The molecule has 0 bridgehead atoms. The molecule has 0 spiro atoms. The van der Waals surface area contributed by atoms with E-state index in [-0.39, 0.29) is 10.7 Å². The molecule has 0 aliphatic carbocycles. The second-order valence-corrected chi connectivity index (χ2v) is 3.96. The maximum Gasteiger partial charge on any atom is 0.271 e. The van der Waals surface area contributed by atoms with Gasteiger partial charge in [0.1, 0.15) is 15.9 Å². The fourth-order valence-corrected chi connectivity index (χ4v) is 1.80. The number of rotatable bonds is 2. The molecule has 0 amide bonds. The Morgan fingerprint density at radius 1 is 1.24 bits per heavy atom. The van der Waals surface area contributed by atoms with Crippen LogP contribution in [0.4, 0.5) is 0 Å². The normalized spacial score (nSPS) is 10.3. The molecule has 0 aliphatic rings. The van der Waals surface area contributed by atoms with Crippen molar-refractivity contribution in [1.82, 2.24) is 9.78 Å². The van der Waals surface area contributed by atoms with E-state index in [1.54, 1.807) is 18.2 Å². The molecule has 6 heteroatoms. The van der Waals surface area contributed by atoms with Crippen molar-refractivity contribution in [2.45, 2.75) is 0 Å². The first-order valence-corrected chi connectivity index (χ1v) is 5.48. The van der Waals surface area contributed by atoms with E-state index in [0.29, 0.717) is 16.5 Å². The standard InChI is InChI=1S/C11H8Cl2N2O2/c1-17-8-4-2-3-7(11(8)13)15-10(16)6-5-9(12)14-15/h2-6H,1H3. The fraction of sp³-hybridized carbons (Fsp3) is 0.0909. The predicted octanol–water partition coefficient (Wildman–Crippen LogP) is 2.55. The highest BCUT2D eigenvalue weighted by atomic mass is 35.5. The van der Waals surface area contributed by atoms with E-state index in [4.69, 9.17) is 27.9 Å². The molecule has 2 rings (SSSR count). The average molecular weight is 271 g/mol. The summed E-state index contributed by atoms with van der Waals surface area (Å²) >= 11 is 11.8. The lowest BCUT2D eigenvalue weighted by molar-refractivity contribution is 0.414. The van der Waals surface area contributed by atoms with E-state index in [0.717, 1.165) is 4.68 Å². The summed E-state index contributed by atoms with van der Waals surface area (Å²) in [6.45, 7) is 0. The number of hydrogen-bond acceptors (Lipinski definition) is 3. The van der Waals surface area contributed by atoms with Crippen molar-refractivity contribution in [2.24, 2.45) is 0 Å². The van der Waals surface area contributed by atoms with Crippen molar-refractivity contribution in [2.75, 3.05) is 7.11 Å². The molecule has 2 aromatic rings. The van der Waals surface area contributed by atoms with Gasteiger partial charge >= 0.3 is 0 Å². The van der Waals surface area contributed by atoms with Crippen LogP contribution >= 0.6 is 23.2 Å². The van der Waals surface area contributed by atoms with E-state index in [9.17, 15) is 4.79 Å². The number of methoxy groups -OCH3 is 1. The Kier molecular flexibility index (Phi) is 3.36. The van der Waals surface area contributed by atoms with Crippen LogP contribution in [-0.2, 0) is 0 Å². The van der Waals surface area contributed by atoms with Crippen molar-refractivity contribution < 1.29 is 4.74 Å². The second-order valence-electron chi connectivity index (χ2n) is 3.20. The van der Waals surface area contributed by atoms with Gasteiger partial charge in [-0.1, -0.05) is 29.3 Å². The number of ether oxygens (including phenoxy) is 1. The molecule has 4 nitrogen and oxygen atoms in total. The second kappa shape index (κ2) is 4.77. The summed E-state index contributed by atoms with van der Waals surface area (Å²) in [5, 5.41) is 4.43. The maximum absolute atomic E-state index is 11.7. The van der Waals surface area contributed by atoms with Gasteiger partial charge in [0.05, 0.1) is 12.8 Å². The largest absolute Gasteiger partial charge is 0.495 e. The molecule has 0 saturated carbocycles. The minimum absolute atomic E-state index is 0.212. The summed E-state index contributed by atoms with van der Waals surface area (Å²) in [6.07, 6.45) is 0. The van der Waals surface area contributed by atoms with Crippen LogP contribution in [0, 0.1) is 0 Å². The van der Waals surface area contributed by atoms with Crippen LogP contribution in [0.3, 0.4) is 0 Å². The number of benzene rings is 1. The topological polar surface area (TPSA) is 44.1 Å². The minimum atomic E-state index is -0.315. The summed E-state index contributed by atoms with van der Waals surface area (Å²) in [5.74, 6) is 0.470. The maximum atomic E-state index is 11.7. The zero-order valence-corrected chi connectivity index (χ0v) is 10.4. The highest BCUT2D eigenvalue weighted by Crippen LogP contribution is 2.29. The van der Waals surface area contributed by atoms with Gasteiger partial charge in [-0.15, -0.1) is 0 Å². The Bertz CT molecular complexity index is 611. The number of aromatic nitrogens is 2. The summed E-state index contributed by atoms with van der Waals surface area (Å²) in [6, 6.07) is 7.83. The molecule has 1 aromatic heterocycles. The molecule has 1 heterocycles. The number of halogens is 2. The Hall–Kier alpha value is -1.52. The van der Waals surface area contributed by atoms with E-state index < -0.39 is 0 Å². The summed E-state index contributed by atoms with van der Waals surface area (Å²) in [7, 11) is 1.50. The van der Waals surface area contributed by atoms with Crippen molar-refractivity contribution in [1.29, 1.82) is 0 Å². The zero-order valence-electron chi connectivity index (χ0n) is 8.85. The van der Waals surface area contributed by atoms with Crippen LogP contribution in [0.2, 0.25) is 10.2 Å². The van der Waals surface area contributed by atoms with Crippen LogP contribution in [0.5, 0.6) is 5.75 Å². The van der Waals surface area contributed by atoms with E-state index in [1.807, 2.05) is 0 Å². The van der Waals surface area contributed by atoms with Gasteiger partial charge in [-0.25, -0.2) is 0 Å². The van der Waals surface area contributed by atoms with E-state index >= 15 is 0 Å². The highest BCUT2D eigenvalue weighted by Gasteiger charge is 2.10. The predicted molar refractivity (Wildman–Crippen MR) is 66.4 cm³/mol. The Balaban J connectivity index is 2.68. The molecule has 0 atom stereocenters. The van der Waals surface area contributed by atoms with Crippen LogP contribution in [-0.4, -0.2) is 16.9 Å². The third-order valence-electron chi connectivity index (χ3n) is 2.16. The van der Waals surface area contributed by atoms with Gasteiger partial charge in [0.2, 0.25) is 0 Å². The van der Waals surface area contributed by atoms with Crippen molar-refractivity contribution >= 4 is 23.2 Å². The third-order valence-corrected chi connectivity index (χ3v) is 2.74. The monoisotopic (exact) mass is 270 g/mol. The SMILES string of the molecule is COc1cccc(-n2nc(Cl)ccc2=O)c1Cl. The Morgan fingerprint density at radius 3 is 2.71 bits per heavy atom. The van der Waals surface area contributed by atoms with E-state index in [1.165, 1.54) is 19.2 Å². The summed E-state index contributed by atoms with van der Waals surface area (Å²) in [5.41, 5.74) is 0.114. The molecule has 88 valence electrons. The molecule has 0 radical (unpaired) electrons. The van der Waals surface area contributed by atoms with Gasteiger partial charge < -0.3 is 4.74 Å². The molecule has 0 N–H and O–H groups in total. The molecule has 0 unspecified atom stereocenters. The van der Waals surface area contributed by atoms with Crippen LogP contribution in [0.15, 0.2) is 35.1 Å². The van der Waals surface area contributed by atoms with Crippen LogP contribution in [0.25, 0.3) is 5.69 Å². The van der Waals surface area contributed by atoms with Gasteiger partial charge in [-0.2, -0.15) is 9.78 Å². The smallest absolute Gasteiger partial charge is 0.271 e. The first-order valence-electron chi connectivity index (χ1n) is 4.72. The lowest BCUT2D eigenvalue weighted by Crippen LogP contribution is -2.20. The van der Waals surface area contributed by atoms with Crippen LogP contribution < -0.4 is 10.3 Å². The van der Waals surface area contributed by atoms with Crippen LogP contribution in [0.1, 0.15) is 0 Å². The molecule has 1 aromatic carbocycles. The minimum Gasteiger partial charge on any atom is -0.495 e. The summed E-state index contributed by atoms with van der Waals surface area (Å²) in [4.78, 5) is 11.7. The number of nitrogens with zero attached hydrogens (tertiary/aromatic N) is 2. The Morgan fingerprint density at radius 2 is 2.00 bits per heavy atom. The molecule has 17 heavy (non-hydrogen) atoms. The first-order chi connectivity index (χ1) is 8.13.